The van der Waals surface area contributed by atoms with Crippen molar-refractivity contribution >= 4 is 12.1 Å². The average molecular weight is 314 g/mol. The molecular weight excluding hydrogens is 296 g/mol. The molecule has 0 saturated carbocycles. The van der Waals surface area contributed by atoms with E-state index in [-0.39, 0.29) is 11.7 Å². The van der Waals surface area contributed by atoms with Gasteiger partial charge in [0.1, 0.15) is 5.75 Å². The lowest BCUT2D eigenvalue weighted by atomic mass is 10.2. The number of nitrogens with zero attached hydrogens (tertiary/aromatic N) is 1. The highest BCUT2D eigenvalue weighted by atomic mass is 16.5. The first kappa shape index (κ1) is 16.4. The van der Waals surface area contributed by atoms with Crippen LogP contribution in [0.5, 0.6) is 17.2 Å². The summed E-state index contributed by atoms with van der Waals surface area (Å²) < 4.78 is 10.8. The first-order valence-corrected chi connectivity index (χ1v) is 7.08. The van der Waals surface area contributed by atoms with Gasteiger partial charge >= 0.3 is 0 Å². The predicted octanol–water partition coefficient (Wildman–Crippen LogP) is 2.56. The third-order valence-electron chi connectivity index (χ3n) is 3.02. The van der Waals surface area contributed by atoms with Crippen LogP contribution in [0, 0.1) is 0 Å². The number of ether oxygens (including phenoxy) is 2. The molecule has 0 saturated heterocycles. The Morgan fingerprint density at radius 1 is 1.26 bits per heavy atom. The molecule has 0 spiro atoms. The van der Waals surface area contributed by atoms with Gasteiger partial charge in [-0.15, -0.1) is 0 Å². The second-order valence-electron chi connectivity index (χ2n) is 4.56. The Bertz CT molecular complexity index is 696. The van der Waals surface area contributed by atoms with Gasteiger partial charge in [0.15, 0.2) is 11.5 Å². The molecule has 6 heteroatoms. The Labute approximate surface area is 134 Å². The van der Waals surface area contributed by atoms with E-state index in [1.54, 1.807) is 13.2 Å². The molecule has 0 heterocycles. The molecule has 1 amide bonds. The van der Waals surface area contributed by atoms with Gasteiger partial charge in [0.25, 0.3) is 5.91 Å². The Kier molecular flexibility index (Phi) is 5.57. The number of benzene rings is 2. The normalized spacial score (nSPS) is 10.5. The number of para-hydroxylation sites is 1. The van der Waals surface area contributed by atoms with E-state index < -0.39 is 0 Å². The predicted molar refractivity (Wildman–Crippen MR) is 87.3 cm³/mol. The van der Waals surface area contributed by atoms with Crippen LogP contribution < -0.4 is 14.9 Å². The van der Waals surface area contributed by atoms with Crippen LogP contribution >= 0.6 is 0 Å². The number of hydrogen-bond acceptors (Lipinski definition) is 5. The number of carbonyl (C=O) groups is 1. The van der Waals surface area contributed by atoms with Crippen LogP contribution in [0.1, 0.15) is 22.8 Å². The fourth-order valence-corrected chi connectivity index (χ4v) is 1.93. The molecule has 23 heavy (non-hydrogen) atoms. The number of methoxy groups -OCH3 is 1. The van der Waals surface area contributed by atoms with Crippen LogP contribution in [0.2, 0.25) is 0 Å². The number of phenols is 1. The van der Waals surface area contributed by atoms with Gasteiger partial charge in [-0.25, -0.2) is 5.43 Å². The number of rotatable bonds is 6. The van der Waals surface area contributed by atoms with Crippen LogP contribution in [0.3, 0.4) is 0 Å². The van der Waals surface area contributed by atoms with Crippen molar-refractivity contribution < 1.29 is 19.4 Å². The Hall–Kier alpha value is -3.02. The summed E-state index contributed by atoms with van der Waals surface area (Å²) in [5.74, 6) is 0.894. The van der Waals surface area contributed by atoms with E-state index in [9.17, 15) is 9.90 Å². The lowest BCUT2D eigenvalue weighted by Gasteiger charge is -2.11. The molecule has 0 fully saturated rings. The number of amides is 1. The largest absolute Gasteiger partial charge is 0.508 e. The molecule has 0 unspecified atom stereocenters. The molecule has 0 aliphatic heterocycles. The molecule has 0 aromatic heterocycles. The van der Waals surface area contributed by atoms with Crippen molar-refractivity contribution in [2.75, 3.05) is 13.7 Å². The van der Waals surface area contributed by atoms with Gasteiger partial charge in [0, 0.05) is 11.1 Å². The third-order valence-corrected chi connectivity index (χ3v) is 3.02. The van der Waals surface area contributed by atoms with Gasteiger partial charge in [-0.05, 0) is 43.3 Å². The first-order chi connectivity index (χ1) is 11.2. The Morgan fingerprint density at radius 3 is 2.65 bits per heavy atom. The zero-order chi connectivity index (χ0) is 16.7. The fourth-order valence-electron chi connectivity index (χ4n) is 1.93. The molecular formula is C17H18N2O4. The van der Waals surface area contributed by atoms with Crippen molar-refractivity contribution in [3.05, 3.63) is 53.6 Å². The number of carbonyl (C=O) groups excluding carboxylic acids is 1. The summed E-state index contributed by atoms with van der Waals surface area (Å²) in [5.41, 5.74) is 3.52. The maximum Gasteiger partial charge on any atom is 0.271 e. The molecule has 120 valence electrons. The molecule has 0 atom stereocenters. The van der Waals surface area contributed by atoms with Gasteiger partial charge in [-0.3, -0.25) is 4.79 Å². The molecule has 0 radical (unpaired) electrons. The van der Waals surface area contributed by atoms with Crippen LogP contribution in [0.4, 0.5) is 0 Å². The van der Waals surface area contributed by atoms with Gasteiger partial charge in [-0.2, -0.15) is 5.10 Å². The summed E-state index contributed by atoms with van der Waals surface area (Å²) in [6.45, 7) is 2.36. The van der Waals surface area contributed by atoms with Crippen molar-refractivity contribution in [2.24, 2.45) is 5.10 Å². The second kappa shape index (κ2) is 7.84. The fraction of sp³-hybridized carbons (Fsp3) is 0.176. The molecule has 2 N–H and O–H groups in total. The quantitative estimate of drug-likeness (QED) is 0.634. The standard InChI is InChI=1S/C17H18N2O4/c1-3-23-16-13(5-4-6-15(16)22-2)11-18-19-17(21)12-7-9-14(20)10-8-12/h4-11,20H,3H2,1-2H3,(H,19,21)/b18-11+. The van der Waals surface area contributed by atoms with E-state index in [2.05, 4.69) is 10.5 Å². The molecule has 2 aromatic carbocycles. The third kappa shape index (κ3) is 4.23. The summed E-state index contributed by atoms with van der Waals surface area (Å²) in [7, 11) is 1.56. The SMILES string of the molecule is CCOc1c(/C=N/NC(=O)c2ccc(O)cc2)cccc1OC. The van der Waals surface area contributed by atoms with E-state index >= 15 is 0 Å². The van der Waals surface area contributed by atoms with E-state index in [1.165, 1.54) is 30.5 Å². The summed E-state index contributed by atoms with van der Waals surface area (Å²) >= 11 is 0. The zero-order valence-electron chi connectivity index (χ0n) is 12.9. The summed E-state index contributed by atoms with van der Waals surface area (Å²) in [4.78, 5) is 11.9. The topological polar surface area (TPSA) is 80.2 Å². The highest BCUT2D eigenvalue weighted by Gasteiger charge is 2.09. The summed E-state index contributed by atoms with van der Waals surface area (Å²) in [6.07, 6.45) is 1.49. The Morgan fingerprint density at radius 2 is 2.00 bits per heavy atom. The van der Waals surface area contributed by atoms with E-state index in [0.29, 0.717) is 29.2 Å². The first-order valence-electron chi connectivity index (χ1n) is 7.08. The van der Waals surface area contributed by atoms with Gasteiger partial charge in [0.05, 0.1) is 19.9 Å². The average Bonchev–Trinajstić information content (AvgIpc) is 2.56. The van der Waals surface area contributed by atoms with Crippen LogP contribution in [0.25, 0.3) is 0 Å². The van der Waals surface area contributed by atoms with Crippen molar-refractivity contribution in [1.29, 1.82) is 0 Å². The molecule has 2 rings (SSSR count). The van der Waals surface area contributed by atoms with Crippen molar-refractivity contribution in [2.45, 2.75) is 6.92 Å². The molecule has 0 bridgehead atoms. The molecule has 0 aliphatic carbocycles. The van der Waals surface area contributed by atoms with E-state index in [1.807, 2.05) is 19.1 Å². The number of hydrogen-bond donors (Lipinski definition) is 2. The van der Waals surface area contributed by atoms with Gasteiger partial charge in [-0.1, -0.05) is 6.07 Å². The number of aromatic hydroxyl groups is 1. The van der Waals surface area contributed by atoms with Crippen LogP contribution in [0.15, 0.2) is 47.6 Å². The monoisotopic (exact) mass is 314 g/mol. The summed E-state index contributed by atoms with van der Waals surface area (Å²) in [6, 6.07) is 11.3. The maximum absolute atomic E-state index is 11.9. The molecule has 2 aromatic rings. The molecule has 0 aliphatic rings. The summed E-state index contributed by atoms with van der Waals surface area (Å²) in [5, 5.41) is 13.1. The highest BCUT2D eigenvalue weighted by molar-refractivity contribution is 5.95. The minimum atomic E-state index is -0.373. The van der Waals surface area contributed by atoms with Crippen LogP contribution in [-0.2, 0) is 0 Å². The lowest BCUT2D eigenvalue weighted by molar-refractivity contribution is 0.0955. The second-order valence-corrected chi connectivity index (χ2v) is 4.56. The van der Waals surface area contributed by atoms with Crippen LogP contribution in [-0.4, -0.2) is 30.9 Å². The minimum Gasteiger partial charge on any atom is -0.508 e. The smallest absolute Gasteiger partial charge is 0.271 e. The maximum atomic E-state index is 11.9. The van der Waals surface area contributed by atoms with Crippen molar-refractivity contribution in [3.8, 4) is 17.2 Å². The van der Waals surface area contributed by atoms with Gasteiger partial charge in [0.2, 0.25) is 0 Å². The number of phenolic OH excluding ortho intramolecular Hbond substituents is 1. The van der Waals surface area contributed by atoms with Gasteiger partial charge < -0.3 is 14.6 Å². The zero-order valence-corrected chi connectivity index (χ0v) is 12.9. The Balaban J connectivity index is 2.11. The van der Waals surface area contributed by atoms with Crippen molar-refractivity contribution in [3.63, 3.8) is 0 Å². The lowest BCUT2D eigenvalue weighted by Crippen LogP contribution is -2.17. The minimum absolute atomic E-state index is 0.0998. The highest BCUT2D eigenvalue weighted by Crippen LogP contribution is 2.29. The number of nitrogens with one attached hydrogen (secondary N) is 1. The van der Waals surface area contributed by atoms with E-state index in [4.69, 9.17) is 9.47 Å². The number of hydrazone groups is 1. The molecule has 6 nitrogen and oxygen atoms in total. The van der Waals surface area contributed by atoms with E-state index in [0.717, 1.165) is 0 Å². The van der Waals surface area contributed by atoms with Crippen molar-refractivity contribution in [1.82, 2.24) is 5.43 Å².